The zero-order valence-corrected chi connectivity index (χ0v) is 21.1. The zero-order valence-electron chi connectivity index (χ0n) is 19.5. The summed E-state index contributed by atoms with van der Waals surface area (Å²) in [5, 5.41) is 3.40. The molecule has 3 unspecified atom stereocenters. The van der Waals surface area contributed by atoms with Gasteiger partial charge in [0.2, 0.25) is 15.9 Å². The molecule has 0 aliphatic heterocycles. The minimum absolute atomic E-state index is 0.0342. The van der Waals surface area contributed by atoms with Crippen LogP contribution in [0, 0.1) is 11.8 Å². The first-order chi connectivity index (χ1) is 16.1. The van der Waals surface area contributed by atoms with Crippen LogP contribution < -0.4 is 15.8 Å². The number of hydrogen-bond acceptors (Lipinski definition) is 7. The van der Waals surface area contributed by atoms with Gasteiger partial charge in [0.05, 0.1) is 28.1 Å². The Bertz CT molecular complexity index is 1260. The van der Waals surface area contributed by atoms with E-state index in [4.69, 9.17) is 21.8 Å². The summed E-state index contributed by atoms with van der Waals surface area (Å²) in [5.74, 6) is 2.40. The number of anilines is 2. The Morgan fingerprint density at radius 3 is 2.65 bits per heavy atom. The van der Waals surface area contributed by atoms with Crippen LogP contribution in [-0.4, -0.2) is 30.7 Å². The van der Waals surface area contributed by atoms with Gasteiger partial charge in [0, 0.05) is 6.54 Å². The van der Waals surface area contributed by atoms with Crippen molar-refractivity contribution in [3.8, 4) is 11.5 Å². The van der Waals surface area contributed by atoms with Crippen molar-refractivity contribution in [3.05, 3.63) is 58.9 Å². The highest BCUT2D eigenvalue weighted by atomic mass is 35.5. The van der Waals surface area contributed by atoms with Crippen LogP contribution in [0.4, 0.5) is 11.6 Å². The van der Waals surface area contributed by atoms with Crippen molar-refractivity contribution in [1.29, 1.82) is 0 Å². The quantitative estimate of drug-likeness (QED) is 0.368. The lowest BCUT2D eigenvalue weighted by Crippen LogP contribution is -2.35. The minimum atomic E-state index is -3.59. The van der Waals surface area contributed by atoms with E-state index in [1.165, 1.54) is 0 Å². The van der Waals surface area contributed by atoms with E-state index in [1.807, 2.05) is 37.3 Å². The van der Waals surface area contributed by atoms with Gasteiger partial charge in [-0.2, -0.15) is 0 Å². The molecule has 0 radical (unpaired) electrons. The summed E-state index contributed by atoms with van der Waals surface area (Å²) in [5.41, 5.74) is 7.28. The van der Waals surface area contributed by atoms with Crippen molar-refractivity contribution in [1.82, 2.24) is 9.97 Å². The highest BCUT2D eigenvalue weighted by Crippen LogP contribution is 2.39. The largest absolute Gasteiger partial charge is 0.439 e. The lowest BCUT2D eigenvalue weighted by molar-refractivity contribution is 0.371. The van der Waals surface area contributed by atoms with E-state index in [2.05, 4.69) is 26.9 Å². The van der Waals surface area contributed by atoms with Crippen LogP contribution >= 0.6 is 11.6 Å². The molecule has 8 nitrogen and oxygen atoms in total. The highest BCUT2D eigenvalue weighted by Gasteiger charge is 2.32. The SMILES string of the molecule is CCS(=O)(=O)Nc1nc(NCC2CC2C)cc(-c2ncc(C(C)(N)Cc3ccccc3)o2)c1Cl. The number of halogens is 1. The number of sulfonamides is 1. The monoisotopic (exact) mass is 503 g/mol. The number of rotatable bonds is 10. The summed E-state index contributed by atoms with van der Waals surface area (Å²) >= 11 is 6.58. The Morgan fingerprint density at radius 2 is 2.00 bits per heavy atom. The molecule has 1 fully saturated rings. The molecule has 1 aromatic carbocycles. The third-order valence-electron chi connectivity index (χ3n) is 6.12. The van der Waals surface area contributed by atoms with Gasteiger partial charge in [-0.05, 0) is 50.2 Å². The molecule has 34 heavy (non-hydrogen) atoms. The molecule has 3 aromatic rings. The summed E-state index contributed by atoms with van der Waals surface area (Å²) < 4.78 is 33.0. The highest BCUT2D eigenvalue weighted by molar-refractivity contribution is 7.92. The Labute approximate surface area is 205 Å². The average molecular weight is 504 g/mol. The molecule has 182 valence electrons. The summed E-state index contributed by atoms with van der Waals surface area (Å²) in [4.78, 5) is 8.81. The van der Waals surface area contributed by atoms with E-state index in [0.717, 1.165) is 18.5 Å². The normalized spacial score (nSPS) is 19.4. The number of hydrogen-bond donors (Lipinski definition) is 3. The van der Waals surface area contributed by atoms with Crippen molar-refractivity contribution in [2.45, 2.75) is 39.2 Å². The first-order valence-corrected chi connectivity index (χ1v) is 13.4. The Morgan fingerprint density at radius 1 is 1.29 bits per heavy atom. The van der Waals surface area contributed by atoms with Gasteiger partial charge in [-0.1, -0.05) is 48.9 Å². The van der Waals surface area contributed by atoms with Crippen LogP contribution in [0.3, 0.4) is 0 Å². The molecule has 1 saturated carbocycles. The molecule has 3 atom stereocenters. The van der Waals surface area contributed by atoms with E-state index in [9.17, 15) is 8.42 Å². The van der Waals surface area contributed by atoms with Crippen molar-refractivity contribution in [2.75, 3.05) is 22.3 Å². The van der Waals surface area contributed by atoms with Crippen LogP contribution in [-0.2, 0) is 22.0 Å². The van der Waals surface area contributed by atoms with Crippen LogP contribution in [0.2, 0.25) is 5.02 Å². The fourth-order valence-electron chi connectivity index (χ4n) is 3.75. The molecule has 10 heteroatoms. The second-order valence-electron chi connectivity index (χ2n) is 9.19. The molecule has 4 rings (SSSR count). The van der Waals surface area contributed by atoms with Gasteiger partial charge < -0.3 is 15.5 Å². The second kappa shape index (κ2) is 9.56. The summed E-state index contributed by atoms with van der Waals surface area (Å²) in [6.45, 7) is 6.36. The summed E-state index contributed by atoms with van der Waals surface area (Å²) in [6, 6.07) is 11.6. The van der Waals surface area contributed by atoms with Crippen LogP contribution in [0.15, 0.2) is 47.0 Å². The lowest BCUT2D eigenvalue weighted by Gasteiger charge is -2.21. The molecule has 4 N–H and O–H groups in total. The number of aromatic nitrogens is 2. The predicted molar refractivity (Wildman–Crippen MR) is 135 cm³/mol. The molecule has 0 spiro atoms. The molecule has 2 aromatic heterocycles. The number of nitrogens with zero attached hydrogens (tertiary/aromatic N) is 2. The number of benzene rings is 1. The van der Waals surface area contributed by atoms with Gasteiger partial charge >= 0.3 is 0 Å². The third-order valence-corrected chi connectivity index (χ3v) is 7.77. The smallest absolute Gasteiger partial charge is 0.233 e. The number of nitrogens with two attached hydrogens (primary N) is 1. The molecule has 1 aliphatic rings. The molecule has 0 amide bonds. The van der Waals surface area contributed by atoms with Crippen LogP contribution in [0.1, 0.15) is 38.5 Å². The van der Waals surface area contributed by atoms with Gasteiger partial charge in [0.25, 0.3) is 0 Å². The molecule has 1 aliphatic carbocycles. The zero-order chi connectivity index (χ0) is 24.5. The average Bonchev–Trinajstić information content (AvgIpc) is 3.27. The first-order valence-electron chi connectivity index (χ1n) is 11.3. The molecule has 0 bridgehead atoms. The number of oxazole rings is 1. The third kappa shape index (κ3) is 5.71. The predicted octanol–water partition coefficient (Wildman–Crippen LogP) is 4.64. The maximum absolute atomic E-state index is 12.2. The topological polar surface area (TPSA) is 123 Å². The minimum Gasteiger partial charge on any atom is -0.439 e. The Hall–Kier alpha value is -2.62. The Balaban J connectivity index is 1.66. The van der Waals surface area contributed by atoms with E-state index >= 15 is 0 Å². The summed E-state index contributed by atoms with van der Waals surface area (Å²) in [6.07, 6.45) is 3.30. The van der Waals surface area contributed by atoms with Gasteiger partial charge in [0.1, 0.15) is 11.6 Å². The fourth-order valence-corrected chi connectivity index (χ4v) is 4.62. The van der Waals surface area contributed by atoms with Gasteiger partial charge in [-0.3, -0.25) is 4.72 Å². The van der Waals surface area contributed by atoms with E-state index in [1.54, 1.807) is 19.2 Å². The standard InChI is InChI=1S/C24H30ClN5O3S/c1-4-34(31,32)30-22-21(25)18(11-20(29-22)27-13-17-10-15(17)2)23-28-14-19(33-23)24(3,26)12-16-8-6-5-7-9-16/h5-9,11,14-15,17H,4,10,12-13,26H2,1-3H3,(H2,27,29,30). The van der Waals surface area contributed by atoms with Gasteiger partial charge in [-0.15, -0.1) is 0 Å². The molecular weight excluding hydrogens is 474 g/mol. The van der Waals surface area contributed by atoms with Gasteiger partial charge in [0.15, 0.2) is 5.82 Å². The summed E-state index contributed by atoms with van der Waals surface area (Å²) in [7, 11) is -3.59. The van der Waals surface area contributed by atoms with Gasteiger partial charge in [-0.25, -0.2) is 18.4 Å². The maximum atomic E-state index is 12.2. The van der Waals surface area contributed by atoms with Crippen molar-refractivity contribution in [3.63, 3.8) is 0 Å². The van der Waals surface area contributed by atoms with E-state index in [-0.39, 0.29) is 22.5 Å². The molecule has 0 saturated heterocycles. The number of nitrogens with one attached hydrogen (secondary N) is 2. The van der Waals surface area contributed by atoms with Crippen molar-refractivity contribution >= 4 is 33.3 Å². The molecule has 2 heterocycles. The fraction of sp³-hybridized carbons (Fsp3) is 0.417. The van der Waals surface area contributed by atoms with E-state index < -0.39 is 15.6 Å². The van der Waals surface area contributed by atoms with E-state index in [0.29, 0.717) is 35.4 Å². The van der Waals surface area contributed by atoms with Crippen LogP contribution in [0.5, 0.6) is 0 Å². The molecular formula is C24H30ClN5O3S. The maximum Gasteiger partial charge on any atom is 0.233 e. The number of pyridine rings is 1. The lowest BCUT2D eigenvalue weighted by atomic mass is 9.92. The van der Waals surface area contributed by atoms with Crippen molar-refractivity contribution in [2.24, 2.45) is 17.6 Å². The first kappa shape index (κ1) is 24.5. The van der Waals surface area contributed by atoms with Crippen molar-refractivity contribution < 1.29 is 12.8 Å². The van der Waals surface area contributed by atoms with Crippen LogP contribution in [0.25, 0.3) is 11.5 Å². The second-order valence-corrected chi connectivity index (χ2v) is 11.6. The Kier molecular flexibility index (Phi) is 6.89.